The molecule has 2 rings (SSSR count). The smallest absolute Gasteiger partial charge is 0.0568 e. The van der Waals surface area contributed by atoms with Crippen LogP contribution in [0.3, 0.4) is 0 Å². The average molecular weight is 247 g/mol. The van der Waals surface area contributed by atoms with Crippen molar-refractivity contribution in [2.45, 2.75) is 39.0 Å². The molecule has 3 heteroatoms. The molecule has 0 aliphatic carbocycles. The SMILES string of the molecule is CCCC1CCCN(c2ccc(N)c(N)c2)CC1. The van der Waals surface area contributed by atoms with Crippen molar-refractivity contribution in [1.29, 1.82) is 0 Å². The molecule has 1 aliphatic heterocycles. The number of benzene rings is 1. The molecule has 1 saturated heterocycles. The molecule has 0 aromatic heterocycles. The van der Waals surface area contributed by atoms with Gasteiger partial charge in [-0.05, 0) is 43.4 Å². The Hall–Kier alpha value is -1.38. The molecule has 100 valence electrons. The van der Waals surface area contributed by atoms with E-state index in [1.165, 1.54) is 37.8 Å². The Morgan fingerprint density at radius 2 is 2.00 bits per heavy atom. The number of hydrogen-bond donors (Lipinski definition) is 2. The van der Waals surface area contributed by atoms with Crippen LogP contribution in [0.5, 0.6) is 0 Å². The van der Waals surface area contributed by atoms with Crippen LogP contribution in [-0.4, -0.2) is 13.1 Å². The molecule has 0 bridgehead atoms. The minimum Gasteiger partial charge on any atom is -0.397 e. The van der Waals surface area contributed by atoms with Crippen LogP contribution in [0.15, 0.2) is 18.2 Å². The van der Waals surface area contributed by atoms with E-state index in [1.807, 2.05) is 12.1 Å². The highest BCUT2D eigenvalue weighted by molar-refractivity contribution is 5.69. The first-order valence-electron chi connectivity index (χ1n) is 7.10. The second-order valence-corrected chi connectivity index (χ2v) is 5.39. The van der Waals surface area contributed by atoms with E-state index in [2.05, 4.69) is 17.9 Å². The van der Waals surface area contributed by atoms with Crippen LogP contribution in [0.2, 0.25) is 0 Å². The van der Waals surface area contributed by atoms with Crippen molar-refractivity contribution in [3.8, 4) is 0 Å². The zero-order chi connectivity index (χ0) is 13.0. The highest BCUT2D eigenvalue weighted by atomic mass is 15.1. The van der Waals surface area contributed by atoms with Gasteiger partial charge in [-0.1, -0.05) is 19.8 Å². The Morgan fingerprint density at radius 3 is 2.72 bits per heavy atom. The summed E-state index contributed by atoms with van der Waals surface area (Å²) in [6.07, 6.45) is 6.64. The number of anilines is 3. The number of rotatable bonds is 3. The third-order valence-electron chi connectivity index (χ3n) is 3.98. The zero-order valence-electron chi connectivity index (χ0n) is 11.4. The molecule has 1 aliphatic rings. The average Bonchev–Trinajstić information content (AvgIpc) is 2.59. The first-order chi connectivity index (χ1) is 8.70. The number of hydrogen-bond acceptors (Lipinski definition) is 3. The molecule has 1 fully saturated rings. The summed E-state index contributed by atoms with van der Waals surface area (Å²) >= 11 is 0. The lowest BCUT2D eigenvalue weighted by Gasteiger charge is -2.23. The standard InChI is InChI=1S/C15H25N3/c1-2-4-12-5-3-9-18(10-8-12)13-6-7-14(16)15(17)11-13/h6-7,11-12H,2-5,8-10,16-17H2,1H3. The van der Waals surface area contributed by atoms with Crippen LogP contribution in [0.4, 0.5) is 17.1 Å². The van der Waals surface area contributed by atoms with E-state index in [-0.39, 0.29) is 0 Å². The van der Waals surface area contributed by atoms with Crippen molar-refractivity contribution in [2.75, 3.05) is 29.5 Å². The largest absolute Gasteiger partial charge is 0.397 e. The lowest BCUT2D eigenvalue weighted by Crippen LogP contribution is -2.24. The third kappa shape index (κ3) is 3.09. The van der Waals surface area contributed by atoms with Gasteiger partial charge >= 0.3 is 0 Å². The van der Waals surface area contributed by atoms with Crippen LogP contribution in [0.25, 0.3) is 0 Å². The highest BCUT2D eigenvalue weighted by Crippen LogP contribution is 2.28. The summed E-state index contributed by atoms with van der Waals surface area (Å²) in [5, 5.41) is 0. The van der Waals surface area contributed by atoms with Crippen LogP contribution >= 0.6 is 0 Å². The monoisotopic (exact) mass is 247 g/mol. The number of nitrogen functional groups attached to an aromatic ring is 2. The maximum atomic E-state index is 5.89. The normalized spacial score (nSPS) is 20.7. The van der Waals surface area contributed by atoms with E-state index < -0.39 is 0 Å². The quantitative estimate of drug-likeness (QED) is 0.806. The summed E-state index contributed by atoms with van der Waals surface area (Å²) in [6, 6.07) is 6.01. The summed E-state index contributed by atoms with van der Waals surface area (Å²) in [5.74, 6) is 0.908. The fraction of sp³-hybridized carbons (Fsp3) is 0.600. The van der Waals surface area contributed by atoms with Crippen LogP contribution in [0, 0.1) is 5.92 Å². The molecule has 1 heterocycles. The molecular formula is C15H25N3. The van der Waals surface area contributed by atoms with Gasteiger partial charge in [-0.3, -0.25) is 0 Å². The molecule has 1 atom stereocenters. The lowest BCUT2D eigenvalue weighted by atomic mass is 9.96. The van der Waals surface area contributed by atoms with Crippen molar-refractivity contribution in [2.24, 2.45) is 5.92 Å². The van der Waals surface area contributed by atoms with E-state index in [9.17, 15) is 0 Å². The summed E-state index contributed by atoms with van der Waals surface area (Å²) in [5.41, 5.74) is 14.3. The zero-order valence-corrected chi connectivity index (χ0v) is 11.4. The van der Waals surface area contributed by atoms with Gasteiger partial charge in [0.15, 0.2) is 0 Å². The Balaban J connectivity index is 2.02. The number of nitrogens with two attached hydrogens (primary N) is 2. The predicted octanol–water partition coefficient (Wildman–Crippen LogP) is 3.26. The third-order valence-corrected chi connectivity index (χ3v) is 3.98. The first kappa shape index (κ1) is 13.1. The molecule has 1 unspecified atom stereocenters. The van der Waals surface area contributed by atoms with E-state index in [1.54, 1.807) is 0 Å². The fourth-order valence-corrected chi connectivity index (χ4v) is 2.88. The maximum absolute atomic E-state index is 5.89. The first-order valence-corrected chi connectivity index (χ1v) is 7.10. The van der Waals surface area contributed by atoms with Crippen molar-refractivity contribution >= 4 is 17.1 Å². The molecule has 1 aromatic rings. The Labute approximate surface area is 110 Å². The predicted molar refractivity (Wildman–Crippen MR) is 79.7 cm³/mol. The van der Waals surface area contributed by atoms with Gasteiger partial charge in [-0.2, -0.15) is 0 Å². The van der Waals surface area contributed by atoms with E-state index in [4.69, 9.17) is 11.5 Å². The molecule has 18 heavy (non-hydrogen) atoms. The minimum atomic E-state index is 0.678. The Kier molecular flexibility index (Phi) is 4.34. The minimum absolute atomic E-state index is 0.678. The number of nitrogens with zero attached hydrogens (tertiary/aromatic N) is 1. The van der Waals surface area contributed by atoms with Gasteiger partial charge in [0.1, 0.15) is 0 Å². The van der Waals surface area contributed by atoms with E-state index >= 15 is 0 Å². The van der Waals surface area contributed by atoms with Gasteiger partial charge in [0, 0.05) is 18.8 Å². The summed E-state index contributed by atoms with van der Waals surface area (Å²) < 4.78 is 0. The molecule has 0 amide bonds. The van der Waals surface area contributed by atoms with Crippen molar-refractivity contribution < 1.29 is 0 Å². The van der Waals surface area contributed by atoms with Gasteiger partial charge < -0.3 is 16.4 Å². The second kappa shape index (κ2) is 5.98. The Morgan fingerprint density at radius 1 is 1.17 bits per heavy atom. The van der Waals surface area contributed by atoms with Crippen molar-refractivity contribution in [3.63, 3.8) is 0 Å². The lowest BCUT2D eigenvalue weighted by molar-refractivity contribution is 0.435. The van der Waals surface area contributed by atoms with Crippen molar-refractivity contribution in [3.05, 3.63) is 18.2 Å². The Bertz CT molecular complexity index is 389. The van der Waals surface area contributed by atoms with Crippen molar-refractivity contribution in [1.82, 2.24) is 0 Å². The molecule has 3 nitrogen and oxygen atoms in total. The molecule has 1 aromatic carbocycles. The molecule has 0 radical (unpaired) electrons. The summed E-state index contributed by atoms with van der Waals surface area (Å²) in [4.78, 5) is 2.45. The van der Waals surface area contributed by atoms with Gasteiger partial charge in [0.05, 0.1) is 11.4 Å². The molecule has 0 saturated carbocycles. The van der Waals surface area contributed by atoms with E-state index in [0.717, 1.165) is 19.0 Å². The molecular weight excluding hydrogens is 222 g/mol. The van der Waals surface area contributed by atoms with Gasteiger partial charge in [-0.25, -0.2) is 0 Å². The topological polar surface area (TPSA) is 55.3 Å². The molecule has 0 spiro atoms. The maximum Gasteiger partial charge on any atom is 0.0568 e. The molecule has 4 N–H and O–H groups in total. The fourth-order valence-electron chi connectivity index (χ4n) is 2.88. The van der Waals surface area contributed by atoms with Gasteiger partial charge in [0.2, 0.25) is 0 Å². The van der Waals surface area contributed by atoms with E-state index in [0.29, 0.717) is 11.4 Å². The summed E-state index contributed by atoms with van der Waals surface area (Å²) in [6.45, 7) is 4.57. The summed E-state index contributed by atoms with van der Waals surface area (Å²) in [7, 11) is 0. The van der Waals surface area contributed by atoms with Crippen LogP contribution in [0.1, 0.15) is 39.0 Å². The van der Waals surface area contributed by atoms with Crippen LogP contribution in [-0.2, 0) is 0 Å². The van der Waals surface area contributed by atoms with Gasteiger partial charge in [0.25, 0.3) is 0 Å². The second-order valence-electron chi connectivity index (χ2n) is 5.39. The highest BCUT2D eigenvalue weighted by Gasteiger charge is 2.16. The van der Waals surface area contributed by atoms with Crippen LogP contribution < -0.4 is 16.4 Å². The van der Waals surface area contributed by atoms with Gasteiger partial charge in [-0.15, -0.1) is 0 Å².